The van der Waals surface area contributed by atoms with Crippen LogP contribution in [0.2, 0.25) is 10.0 Å². The van der Waals surface area contributed by atoms with Crippen molar-refractivity contribution in [2.45, 2.75) is 12.5 Å². The number of halogens is 2. The lowest BCUT2D eigenvalue weighted by atomic mass is 10.1. The number of nitrogens with one attached hydrogen (secondary N) is 1. The maximum Gasteiger partial charge on any atom is 0.120 e. The minimum Gasteiger partial charge on any atom is -0.492 e. The molecule has 106 valence electrons. The van der Waals surface area contributed by atoms with Gasteiger partial charge in [-0.2, -0.15) is 0 Å². The highest BCUT2D eigenvalue weighted by atomic mass is 35.5. The van der Waals surface area contributed by atoms with Gasteiger partial charge >= 0.3 is 0 Å². The zero-order chi connectivity index (χ0) is 14.4. The Morgan fingerprint density at radius 3 is 2.60 bits per heavy atom. The largest absolute Gasteiger partial charge is 0.492 e. The fourth-order valence-electron chi connectivity index (χ4n) is 1.85. The van der Waals surface area contributed by atoms with E-state index in [1.165, 1.54) is 0 Å². The van der Waals surface area contributed by atoms with E-state index in [0.29, 0.717) is 18.1 Å². The lowest BCUT2D eigenvalue weighted by molar-refractivity contribution is 0.264. The van der Waals surface area contributed by atoms with Gasteiger partial charge in [-0.25, -0.2) is 0 Å². The zero-order valence-electron chi connectivity index (χ0n) is 10.9. The summed E-state index contributed by atoms with van der Waals surface area (Å²) >= 11 is 12.0. The fourth-order valence-corrected chi connectivity index (χ4v) is 2.24. The van der Waals surface area contributed by atoms with Gasteiger partial charge in [0.25, 0.3) is 0 Å². The van der Waals surface area contributed by atoms with Crippen molar-refractivity contribution >= 4 is 23.2 Å². The molecule has 0 aliphatic rings. The van der Waals surface area contributed by atoms with Crippen LogP contribution in [0.1, 0.15) is 5.56 Å². The van der Waals surface area contributed by atoms with Crippen LogP contribution in [0.25, 0.3) is 0 Å². The molecule has 0 spiro atoms. The molecule has 3 nitrogen and oxygen atoms in total. The van der Waals surface area contributed by atoms with Crippen molar-refractivity contribution < 1.29 is 4.74 Å². The Morgan fingerprint density at radius 2 is 1.90 bits per heavy atom. The fraction of sp³-hybridized carbons (Fsp3) is 0.200. The van der Waals surface area contributed by atoms with Gasteiger partial charge in [-0.1, -0.05) is 47.5 Å². The summed E-state index contributed by atoms with van der Waals surface area (Å²) in [4.78, 5) is 0. The van der Waals surface area contributed by atoms with Crippen molar-refractivity contribution in [1.82, 2.24) is 5.43 Å². The van der Waals surface area contributed by atoms with E-state index in [-0.39, 0.29) is 6.04 Å². The molecule has 1 atom stereocenters. The predicted octanol–water partition coefficient (Wildman–Crippen LogP) is 3.45. The molecule has 1 unspecified atom stereocenters. The molecule has 3 N–H and O–H groups in total. The van der Waals surface area contributed by atoms with Crippen LogP contribution >= 0.6 is 23.2 Å². The Balaban J connectivity index is 1.94. The summed E-state index contributed by atoms with van der Waals surface area (Å²) in [7, 11) is 0. The summed E-state index contributed by atoms with van der Waals surface area (Å²) in [6, 6.07) is 14.9. The van der Waals surface area contributed by atoms with E-state index < -0.39 is 0 Å². The van der Waals surface area contributed by atoms with Crippen LogP contribution in [0.3, 0.4) is 0 Å². The van der Waals surface area contributed by atoms with Crippen LogP contribution in [0, 0.1) is 0 Å². The normalized spacial score (nSPS) is 12.2. The number of benzene rings is 2. The Hall–Kier alpha value is -1.26. The van der Waals surface area contributed by atoms with Crippen molar-refractivity contribution in [1.29, 1.82) is 0 Å². The van der Waals surface area contributed by atoms with E-state index in [4.69, 9.17) is 33.8 Å². The summed E-state index contributed by atoms with van der Waals surface area (Å²) in [6.45, 7) is 0.433. The SMILES string of the molecule is NNC(COc1cccc(Cl)c1)Cc1ccccc1Cl. The molecule has 0 saturated carbocycles. The van der Waals surface area contributed by atoms with Gasteiger partial charge in [0.1, 0.15) is 12.4 Å². The van der Waals surface area contributed by atoms with E-state index in [1.807, 2.05) is 36.4 Å². The molecule has 0 radical (unpaired) electrons. The lowest BCUT2D eigenvalue weighted by Crippen LogP contribution is -2.41. The van der Waals surface area contributed by atoms with Crippen molar-refractivity contribution in [2.75, 3.05) is 6.61 Å². The molecule has 20 heavy (non-hydrogen) atoms. The average molecular weight is 311 g/mol. The summed E-state index contributed by atoms with van der Waals surface area (Å²) in [5.74, 6) is 6.28. The zero-order valence-corrected chi connectivity index (χ0v) is 12.4. The molecule has 0 aliphatic heterocycles. The second kappa shape index (κ2) is 7.50. The minimum atomic E-state index is -0.0334. The summed E-state index contributed by atoms with van der Waals surface area (Å²) in [5, 5.41) is 1.38. The molecule has 2 rings (SSSR count). The summed E-state index contributed by atoms with van der Waals surface area (Å²) in [6.07, 6.45) is 0.691. The third kappa shape index (κ3) is 4.39. The first-order chi connectivity index (χ1) is 9.69. The number of rotatable bonds is 6. The Bertz CT molecular complexity index is 563. The number of hydrogen-bond acceptors (Lipinski definition) is 3. The number of ether oxygens (including phenoxy) is 1. The van der Waals surface area contributed by atoms with Crippen LogP contribution in [0.15, 0.2) is 48.5 Å². The van der Waals surface area contributed by atoms with E-state index in [2.05, 4.69) is 5.43 Å². The van der Waals surface area contributed by atoms with E-state index in [0.717, 1.165) is 16.3 Å². The quantitative estimate of drug-likeness (QED) is 0.634. The number of nitrogens with two attached hydrogens (primary N) is 1. The topological polar surface area (TPSA) is 47.3 Å². The van der Waals surface area contributed by atoms with Crippen LogP contribution < -0.4 is 16.0 Å². The Morgan fingerprint density at radius 1 is 1.10 bits per heavy atom. The van der Waals surface area contributed by atoms with E-state index in [1.54, 1.807) is 12.1 Å². The van der Waals surface area contributed by atoms with Gasteiger partial charge < -0.3 is 4.74 Å². The van der Waals surface area contributed by atoms with Gasteiger partial charge in [-0.05, 0) is 36.2 Å². The highest BCUT2D eigenvalue weighted by Gasteiger charge is 2.11. The first-order valence-electron chi connectivity index (χ1n) is 6.27. The van der Waals surface area contributed by atoms with Crippen molar-refractivity contribution in [2.24, 2.45) is 5.84 Å². The van der Waals surface area contributed by atoms with Gasteiger partial charge in [-0.15, -0.1) is 0 Å². The van der Waals surface area contributed by atoms with Crippen LogP contribution in [-0.2, 0) is 6.42 Å². The number of hydrazine groups is 1. The van der Waals surface area contributed by atoms with Gasteiger partial charge in [0.15, 0.2) is 0 Å². The molecule has 0 fully saturated rings. The Labute approximate surface area is 128 Å². The second-order valence-electron chi connectivity index (χ2n) is 4.43. The lowest BCUT2D eigenvalue weighted by Gasteiger charge is -2.17. The molecule has 0 aromatic heterocycles. The summed E-state index contributed by atoms with van der Waals surface area (Å²) < 4.78 is 5.68. The first-order valence-corrected chi connectivity index (χ1v) is 7.02. The van der Waals surface area contributed by atoms with Gasteiger partial charge in [0.2, 0.25) is 0 Å². The minimum absolute atomic E-state index is 0.0334. The Kier molecular flexibility index (Phi) is 5.68. The van der Waals surface area contributed by atoms with Gasteiger partial charge in [-0.3, -0.25) is 11.3 Å². The molecule has 0 heterocycles. The molecule has 5 heteroatoms. The molecular weight excluding hydrogens is 295 g/mol. The van der Waals surface area contributed by atoms with E-state index >= 15 is 0 Å². The highest BCUT2D eigenvalue weighted by Crippen LogP contribution is 2.19. The van der Waals surface area contributed by atoms with Crippen molar-refractivity contribution in [3.8, 4) is 5.75 Å². The molecule has 2 aromatic carbocycles. The van der Waals surface area contributed by atoms with Gasteiger partial charge in [0.05, 0.1) is 6.04 Å². The van der Waals surface area contributed by atoms with Crippen LogP contribution in [-0.4, -0.2) is 12.6 Å². The molecule has 2 aromatic rings. The standard InChI is InChI=1S/C15H16Cl2N2O/c16-12-5-3-6-14(9-12)20-10-13(19-18)8-11-4-1-2-7-15(11)17/h1-7,9,13,19H,8,10,18H2. The first kappa shape index (κ1) is 15.1. The van der Waals surface area contributed by atoms with E-state index in [9.17, 15) is 0 Å². The summed E-state index contributed by atoms with van der Waals surface area (Å²) in [5.41, 5.74) is 3.78. The monoisotopic (exact) mass is 310 g/mol. The van der Waals surface area contributed by atoms with Gasteiger partial charge in [0, 0.05) is 10.0 Å². The molecule has 0 amide bonds. The predicted molar refractivity (Wildman–Crippen MR) is 83.2 cm³/mol. The maximum absolute atomic E-state index is 6.14. The molecule has 0 saturated heterocycles. The second-order valence-corrected chi connectivity index (χ2v) is 5.27. The van der Waals surface area contributed by atoms with Crippen LogP contribution in [0.5, 0.6) is 5.75 Å². The molecule has 0 bridgehead atoms. The van der Waals surface area contributed by atoms with Crippen LogP contribution in [0.4, 0.5) is 0 Å². The smallest absolute Gasteiger partial charge is 0.120 e. The third-order valence-corrected chi connectivity index (χ3v) is 3.51. The molecule has 0 aliphatic carbocycles. The maximum atomic E-state index is 6.14. The van der Waals surface area contributed by atoms with Crippen molar-refractivity contribution in [3.05, 3.63) is 64.1 Å². The number of hydrogen-bond donors (Lipinski definition) is 2. The average Bonchev–Trinajstić information content (AvgIpc) is 2.45. The third-order valence-electron chi connectivity index (χ3n) is 2.91. The van der Waals surface area contributed by atoms with Crippen molar-refractivity contribution in [3.63, 3.8) is 0 Å². The highest BCUT2D eigenvalue weighted by molar-refractivity contribution is 6.31. The molecular formula is C15H16Cl2N2O.